The second-order valence-corrected chi connectivity index (χ2v) is 6.95. The Kier molecular flexibility index (Phi) is 2.74. The van der Waals surface area contributed by atoms with Crippen LogP contribution in [0.3, 0.4) is 0 Å². The first-order chi connectivity index (χ1) is 5.55. The summed E-state index contributed by atoms with van der Waals surface area (Å²) in [7, 11) is -2.12. The van der Waals surface area contributed by atoms with Gasteiger partial charge in [-0.05, 0) is 6.66 Å². The largest absolute Gasteiger partial charge is 0.319 e. The highest BCUT2D eigenvalue weighted by Gasteiger charge is 2.21. The number of hydrogen-bond donors (Lipinski definition) is 0. The van der Waals surface area contributed by atoms with E-state index in [0.717, 1.165) is 5.30 Å². The molecule has 1 aromatic rings. The van der Waals surface area contributed by atoms with Crippen molar-refractivity contribution in [3.8, 4) is 0 Å². The average molecular weight is 182 g/mol. The third-order valence-corrected chi connectivity index (χ3v) is 5.55. The van der Waals surface area contributed by atoms with Crippen molar-refractivity contribution in [2.45, 2.75) is 19.5 Å². The minimum Gasteiger partial charge on any atom is -0.319 e. The van der Waals surface area contributed by atoms with Crippen LogP contribution in [0, 0.1) is 0 Å². The lowest BCUT2D eigenvalue weighted by Crippen LogP contribution is -2.10. The molecular weight excluding hydrogens is 167 g/mol. The minimum absolute atomic E-state index is 0.236. The van der Waals surface area contributed by atoms with Crippen LogP contribution in [0.2, 0.25) is 0 Å². The summed E-state index contributed by atoms with van der Waals surface area (Å²) in [6.07, 6.45) is 0. The van der Waals surface area contributed by atoms with Crippen molar-refractivity contribution >= 4 is 12.4 Å². The molecule has 1 aromatic carbocycles. The lowest BCUT2D eigenvalue weighted by Gasteiger charge is -2.16. The van der Waals surface area contributed by atoms with Crippen molar-refractivity contribution < 1.29 is 4.57 Å². The van der Waals surface area contributed by atoms with Crippen molar-refractivity contribution in [3.05, 3.63) is 30.3 Å². The molecule has 1 atom stereocenters. The van der Waals surface area contributed by atoms with Crippen molar-refractivity contribution in [1.29, 1.82) is 0 Å². The van der Waals surface area contributed by atoms with Crippen molar-refractivity contribution in [2.75, 3.05) is 6.66 Å². The summed E-state index contributed by atoms with van der Waals surface area (Å²) < 4.78 is 12.1. The molecule has 0 aromatic heterocycles. The van der Waals surface area contributed by atoms with Gasteiger partial charge in [0.2, 0.25) is 0 Å². The lowest BCUT2D eigenvalue weighted by molar-refractivity contribution is 0.579. The molecule has 2 heteroatoms. The third kappa shape index (κ3) is 1.78. The van der Waals surface area contributed by atoms with E-state index in [4.69, 9.17) is 0 Å². The Morgan fingerprint density at radius 2 is 1.67 bits per heavy atom. The van der Waals surface area contributed by atoms with Crippen LogP contribution in [0.4, 0.5) is 0 Å². The fourth-order valence-corrected chi connectivity index (χ4v) is 2.38. The monoisotopic (exact) mass is 182 g/mol. The Bertz CT molecular complexity index is 290. The number of benzene rings is 1. The maximum atomic E-state index is 12.1. The Balaban J connectivity index is 3.07. The van der Waals surface area contributed by atoms with Crippen molar-refractivity contribution in [2.24, 2.45) is 0 Å². The smallest absolute Gasteiger partial charge is 0.115 e. The molecule has 66 valence electrons. The first kappa shape index (κ1) is 9.54. The Labute approximate surface area is 74.2 Å². The Morgan fingerprint density at radius 3 is 2.08 bits per heavy atom. The number of rotatable bonds is 2. The molecule has 0 heterocycles. The SMILES string of the molecule is CC(C)[P@@](C)(=O)c1ccccc1. The van der Waals surface area contributed by atoms with Crippen LogP contribution in [0.15, 0.2) is 30.3 Å². The van der Waals surface area contributed by atoms with E-state index in [2.05, 4.69) is 0 Å². The first-order valence-corrected chi connectivity index (χ1v) is 6.40. The second kappa shape index (κ2) is 3.45. The normalized spacial score (nSPS) is 16.0. The predicted octanol–water partition coefficient (Wildman–Crippen LogP) is 2.71. The van der Waals surface area contributed by atoms with Crippen LogP contribution >= 0.6 is 7.14 Å². The molecule has 1 nitrogen and oxygen atoms in total. The van der Waals surface area contributed by atoms with E-state index in [9.17, 15) is 4.57 Å². The number of hydrogen-bond acceptors (Lipinski definition) is 1. The van der Waals surface area contributed by atoms with Gasteiger partial charge in [-0.2, -0.15) is 0 Å². The average Bonchev–Trinajstić information content (AvgIpc) is 2.06. The maximum absolute atomic E-state index is 12.1. The zero-order valence-electron chi connectivity index (χ0n) is 7.82. The topological polar surface area (TPSA) is 17.1 Å². The molecule has 0 aliphatic rings. The second-order valence-electron chi connectivity index (χ2n) is 3.42. The fraction of sp³-hybridized carbons (Fsp3) is 0.400. The Hall–Kier alpha value is -0.550. The molecule has 0 unspecified atom stereocenters. The molecule has 0 saturated carbocycles. The maximum Gasteiger partial charge on any atom is 0.115 e. The molecule has 0 aliphatic heterocycles. The molecule has 0 spiro atoms. The van der Waals surface area contributed by atoms with E-state index in [-0.39, 0.29) is 5.66 Å². The summed E-state index contributed by atoms with van der Waals surface area (Å²) in [5, 5.41) is 0.986. The standard InChI is InChI=1S/C10H15OP/c1-9(2)12(3,11)10-7-5-4-6-8-10/h4-9H,1-3H3/t12-/m1/s1. The van der Waals surface area contributed by atoms with Gasteiger partial charge in [0.1, 0.15) is 7.14 Å². The van der Waals surface area contributed by atoms with Crippen molar-refractivity contribution in [3.63, 3.8) is 0 Å². The van der Waals surface area contributed by atoms with Gasteiger partial charge in [0, 0.05) is 11.0 Å². The molecule has 0 saturated heterocycles. The summed E-state index contributed by atoms with van der Waals surface area (Å²) in [4.78, 5) is 0. The summed E-state index contributed by atoms with van der Waals surface area (Å²) in [5.41, 5.74) is 0.236. The van der Waals surface area contributed by atoms with E-state index >= 15 is 0 Å². The van der Waals surface area contributed by atoms with Gasteiger partial charge >= 0.3 is 0 Å². The summed E-state index contributed by atoms with van der Waals surface area (Å²) in [6, 6.07) is 9.72. The summed E-state index contributed by atoms with van der Waals surface area (Å²) in [5.74, 6) is 0. The third-order valence-electron chi connectivity index (χ3n) is 2.25. The summed E-state index contributed by atoms with van der Waals surface area (Å²) in [6.45, 7) is 5.87. The van der Waals surface area contributed by atoms with Crippen LogP contribution in [0.25, 0.3) is 0 Å². The van der Waals surface area contributed by atoms with Gasteiger partial charge in [0.05, 0.1) is 0 Å². The minimum atomic E-state index is -2.12. The van der Waals surface area contributed by atoms with Crippen LogP contribution in [0.5, 0.6) is 0 Å². The lowest BCUT2D eigenvalue weighted by atomic mass is 10.4. The van der Waals surface area contributed by atoms with Crippen LogP contribution in [0.1, 0.15) is 13.8 Å². The molecule has 1 rings (SSSR count). The van der Waals surface area contributed by atoms with Crippen LogP contribution in [-0.4, -0.2) is 12.3 Å². The molecule has 0 amide bonds. The van der Waals surface area contributed by atoms with Gasteiger partial charge in [0.15, 0.2) is 0 Å². The zero-order valence-corrected chi connectivity index (χ0v) is 8.71. The van der Waals surface area contributed by atoms with Gasteiger partial charge < -0.3 is 4.57 Å². The predicted molar refractivity (Wildman–Crippen MR) is 54.7 cm³/mol. The van der Waals surface area contributed by atoms with Gasteiger partial charge in [-0.15, -0.1) is 0 Å². The first-order valence-electron chi connectivity index (χ1n) is 4.18. The van der Waals surface area contributed by atoms with Crippen LogP contribution < -0.4 is 5.30 Å². The molecule has 0 aliphatic carbocycles. The van der Waals surface area contributed by atoms with E-state index in [0.29, 0.717) is 0 Å². The fourth-order valence-electron chi connectivity index (χ4n) is 1.02. The van der Waals surface area contributed by atoms with Crippen LogP contribution in [-0.2, 0) is 4.57 Å². The molecule has 0 bridgehead atoms. The van der Waals surface area contributed by atoms with E-state index in [1.165, 1.54) is 0 Å². The highest BCUT2D eigenvalue weighted by molar-refractivity contribution is 7.71. The quantitative estimate of drug-likeness (QED) is 0.643. The molecule has 0 fully saturated rings. The highest BCUT2D eigenvalue weighted by Crippen LogP contribution is 2.44. The molecule has 0 radical (unpaired) electrons. The zero-order chi connectivity index (χ0) is 9.19. The van der Waals surface area contributed by atoms with E-state index in [1.807, 2.05) is 50.8 Å². The van der Waals surface area contributed by atoms with Gasteiger partial charge in [-0.3, -0.25) is 0 Å². The van der Waals surface area contributed by atoms with Crippen molar-refractivity contribution in [1.82, 2.24) is 0 Å². The summed E-state index contributed by atoms with van der Waals surface area (Å²) >= 11 is 0. The molecule has 0 N–H and O–H groups in total. The Morgan fingerprint density at radius 1 is 1.17 bits per heavy atom. The molecule has 12 heavy (non-hydrogen) atoms. The molecular formula is C10H15OP. The van der Waals surface area contributed by atoms with Gasteiger partial charge in [-0.25, -0.2) is 0 Å². The van der Waals surface area contributed by atoms with E-state index < -0.39 is 7.14 Å². The van der Waals surface area contributed by atoms with Gasteiger partial charge in [0.25, 0.3) is 0 Å². The van der Waals surface area contributed by atoms with E-state index in [1.54, 1.807) is 0 Å². The van der Waals surface area contributed by atoms with Gasteiger partial charge in [-0.1, -0.05) is 44.2 Å². The highest BCUT2D eigenvalue weighted by atomic mass is 31.2.